The van der Waals surface area contributed by atoms with Crippen molar-refractivity contribution in [3.63, 3.8) is 0 Å². The maximum absolute atomic E-state index is 15.1. The number of esters is 3. The summed E-state index contributed by atoms with van der Waals surface area (Å²) >= 11 is 0. The van der Waals surface area contributed by atoms with Gasteiger partial charge in [-0.05, 0) is 44.4 Å². The highest BCUT2D eigenvalue weighted by molar-refractivity contribution is 7.46. The van der Waals surface area contributed by atoms with Crippen LogP contribution in [0.2, 0.25) is 0 Å². The first-order valence-corrected chi connectivity index (χ1v) is 17.2. The summed E-state index contributed by atoms with van der Waals surface area (Å²) in [5.41, 5.74) is -4.60. The van der Waals surface area contributed by atoms with Crippen LogP contribution in [-0.2, 0) is 47.2 Å². The van der Waals surface area contributed by atoms with Crippen molar-refractivity contribution in [1.82, 2.24) is 0 Å². The van der Waals surface area contributed by atoms with Crippen molar-refractivity contribution in [3.05, 3.63) is 47.0 Å². The molecule has 0 spiro atoms. The molecule has 0 bridgehead atoms. The summed E-state index contributed by atoms with van der Waals surface area (Å²) in [6.07, 6.45) is -2.98. The van der Waals surface area contributed by atoms with Crippen molar-refractivity contribution in [1.29, 1.82) is 0 Å². The van der Waals surface area contributed by atoms with Crippen LogP contribution in [0.4, 0.5) is 0 Å². The second-order valence-electron chi connectivity index (χ2n) is 13.6. The first-order chi connectivity index (χ1) is 22.2. The third kappa shape index (κ3) is 7.02. The fraction of sp³-hybridized carbons (Fsp3) is 0.636. The number of Topliss-reactive ketones (excluding diaryl/α,β-unsaturated/α-hetero) is 1. The van der Waals surface area contributed by atoms with Gasteiger partial charge in [0.2, 0.25) is 0 Å². The van der Waals surface area contributed by atoms with Gasteiger partial charge in [-0.3, -0.25) is 18.9 Å². The van der Waals surface area contributed by atoms with Gasteiger partial charge in [-0.15, -0.1) is 0 Å². The molecule has 1 aliphatic heterocycles. The molecule has 1 aromatic rings. The molecule has 1 unspecified atom stereocenters. The van der Waals surface area contributed by atoms with Gasteiger partial charge in [-0.2, -0.15) is 0 Å². The molecule has 48 heavy (non-hydrogen) atoms. The average Bonchev–Trinajstić information content (AvgIpc) is 2.99. The van der Waals surface area contributed by atoms with Crippen LogP contribution in [0, 0.1) is 16.7 Å². The van der Waals surface area contributed by atoms with Crippen molar-refractivity contribution in [2.75, 3.05) is 20.0 Å². The van der Waals surface area contributed by atoms with Crippen LogP contribution in [0.5, 0.6) is 0 Å². The van der Waals surface area contributed by atoms with Gasteiger partial charge in [-0.1, -0.05) is 44.5 Å². The van der Waals surface area contributed by atoms with Crippen LogP contribution >= 0.6 is 7.82 Å². The van der Waals surface area contributed by atoms with E-state index in [0.717, 1.165) is 6.92 Å². The summed E-state index contributed by atoms with van der Waals surface area (Å²) in [7, 11) is -4.94. The molecule has 0 aromatic heterocycles. The molecule has 4 rings (SSSR count). The van der Waals surface area contributed by atoms with E-state index in [0.29, 0.717) is 16.7 Å². The lowest BCUT2D eigenvalue weighted by atomic mass is 9.53. The number of phosphoric ester groups is 1. The van der Waals surface area contributed by atoms with Crippen LogP contribution < -0.4 is 0 Å². The Morgan fingerprint density at radius 2 is 1.71 bits per heavy atom. The van der Waals surface area contributed by atoms with Crippen molar-refractivity contribution in [3.8, 4) is 0 Å². The fourth-order valence-corrected chi connectivity index (χ4v) is 7.67. The zero-order chi connectivity index (χ0) is 35.9. The van der Waals surface area contributed by atoms with Crippen LogP contribution in [0.15, 0.2) is 41.5 Å². The number of phosphoric acid groups is 1. The number of hydrogen-bond acceptors (Lipinski definition) is 12. The summed E-state index contributed by atoms with van der Waals surface area (Å²) in [6.45, 7) is 9.40. The highest BCUT2D eigenvalue weighted by Crippen LogP contribution is 2.57. The van der Waals surface area contributed by atoms with Crippen molar-refractivity contribution < 1.29 is 66.8 Å². The maximum Gasteiger partial charge on any atom is 0.471 e. The van der Waals surface area contributed by atoms with E-state index in [9.17, 15) is 33.8 Å². The van der Waals surface area contributed by atoms with Gasteiger partial charge in [0.15, 0.2) is 24.3 Å². The topological polar surface area (TPSA) is 201 Å². The van der Waals surface area contributed by atoms with E-state index >= 15 is 4.79 Å². The quantitative estimate of drug-likeness (QED) is 0.0943. The standard InChI is InChI=1S/C33H45O14P/c1-19-13-14-32(38,16-43-29(37)23-11-9-8-10-12-23)30(5,6)26(19)27(46-21(3)34)28(36)31(7)20(2)33(47-22(4)35)17-42-25(33)15-24(31)44-18-45-48(39,40)41/h8-12,20,24-25,27,38H,13-18H2,1-7H3,(H2,39,40,41)/t20?,24-,25+,27+,31-,32+,33+/m0/s1. The van der Waals surface area contributed by atoms with Crippen molar-refractivity contribution in [2.24, 2.45) is 16.7 Å². The zero-order valence-electron chi connectivity index (χ0n) is 28.2. The Labute approximate surface area is 279 Å². The smallest absolute Gasteiger partial charge is 0.459 e. The number of carbonyl (C=O) groups excluding carboxylic acids is 4. The van der Waals surface area contributed by atoms with E-state index in [1.165, 1.54) is 6.92 Å². The highest BCUT2D eigenvalue weighted by Gasteiger charge is 2.70. The van der Waals surface area contributed by atoms with Gasteiger partial charge in [0.25, 0.3) is 0 Å². The molecule has 15 heteroatoms. The lowest BCUT2D eigenvalue weighted by molar-refractivity contribution is -0.321. The van der Waals surface area contributed by atoms with Gasteiger partial charge >= 0.3 is 25.7 Å². The Morgan fingerprint density at radius 1 is 1.06 bits per heavy atom. The molecular formula is C33H45O14P. The second-order valence-corrected chi connectivity index (χ2v) is 14.9. The molecule has 2 aliphatic carbocycles. The van der Waals surface area contributed by atoms with E-state index in [1.54, 1.807) is 65.0 Å². The van der Waals surface area contributed by atoms with Gasteiger partial charge in [0.1, 0.15) is 18.3 Å². The van der Waals surface area contributed by atoms with Gasteiger partial charge in [-0.25, -0.2) is 9.36 Å². The normalized spacial score (nSPS) is 31.9. The van der Waals surface area contributed by atoms with Crippen LogP contribution in [0.25, 0.3) is 0 Å². The number of aliphatic hydroxyl groups is 1. The van der Waals surface area contributed by atoms with Gasteiger partial charge < -0.3 is 38.6 Å². The van der Waals surface area contributed by atoms with E-state index in [4.69, 9.17) is 23.7 Å². The predicted octanol–water partition coefficient (Wildman–Crippen LogP) is 3.41. The second kappa shape index (κ2) is 13.7. The number of hydrogen-bond donors (Lipinski definition) is 3. The van der Waals surface area contributed by atoms with Crippen molar-refractivity contribution >= 4 is 31.5 Å². The number of fused-ring (bicyclic) bond motifs is 1. The minimum Gasteiger partial charge on any atom is -0.459 e. The van der Waals surface area contributed by atoms with Crippen LogP contribution in [0.1, 0.15) is 78.1 Å². The molecule has 1 aromatic carbocycles. The number of carbonyl (C=O) groups is 4. The Bertz CT molecular complexity index is 1500. The van der Waals surface area contributed by atoms with Crippen LogP contribution in [-0.4, -0.2) is 88.1 Å². The first kappa shape index (κ1) is 37.8. The minimum atomic E-state index is -4.94. The predicted molar refractivity (Wildman–Crippen MR) is 167 cm³/mol. The SMILES string of the molecule is CC(=O)O[C@@H](C(=O)[C@@]1(C)C(C)[C@]2(OC(C)=O)CO[C@@H]2C[C@@H]1OCOP(=O)(O)O)C1=C(C)CC[C@@](O)(COC(=O)c2ccccc2)C1(C)C. The summed E-state index contributed by atoms with van der Waals surface area (Å²) in [5.74, 6) is -3.52. The molecule has 1 saturated carbocycles. The van der Waals surface area contributed by atoms with Crippen molar-refractivity contribution in [2.45, 2.75) is 97.2 Å². The number of rotatable bonds is 12. The molecule has 0 amide bonds. The molecule has 1 heterocycles. The monoisotopic (exact) mass is 696 g/mol. The third-order valence-corrected chi connectivity index (χ3v) is 11.0. The summed E-state index contributed by atoms with van der Waals surface area (Å²) in [4.78, 5) is 71.4. The van der Waals surface area contributed by atoms with E-state index in [2.05, 4.69) is 4.52 Å². The molecule has 14 nitrogen and oxygen atoms in total. The number of benzene rings is 1. The third-order valence-electron chi connectivity index (χ3n) is 10.6. The Morgan fingerprint density at radius 3 is 2.25 bits per heavy atom. The van der Waals surface area contributed by atoms with E-state index < -0.39 is 91.2 Å². The Balaban J connectivity index is 1.75. The molecule has 266 valence electrons. The number of ketones is 1. The molecule has 3 N–H and O–H groups in total. The number of allylic oxidation sites excluding steroid dienone is 1. The molecule has 3 aliphatic rings. The van der Waals surface area contributed by atoms with Crippen LogP contribution in [0.3, 0.4) is 0 Å². The van der Waals surface area contributed by atoms with Gasteiger partial charge in [0.05, 0.1) is 23.7 Å². The molecule has 1 saturated heterocycles. The molecule has 7 atom stereocenters. The van der Waals surface area contributed by atoms with E-state index in [-0.39, 0.29) is 25.9 Å². The Hall–Kier alpha value is -2.97. The number of ether oxygens (including phenoxy) is 5. The lowest BCUT2D eigenvalue weighted by Gasteiger charge is -2.62. The summed E-state index contributed by atoms with van der Waals surface area (Å²) < 4.78 is 44.7. The van der Waals surface area contributed by atoms with Gasteiger partial charge in [0, 0.05) is 31.6 Å². The molecular weight excluding hydrogens is 651 g/mol. The average molecular weight is 697 g/mol. The molecule has 2 fully saturated rings. The maximum atomic E-state index is 15.1. The lowest BCUT2D eigenvalue weighted by Crippen LogP contribution is -2.75. The zero-order valence-corrected chi connectivity index (χ0v) is 29.1. The molecule has 0 radical (unpaired) electrons. The summed E-state index contributed by atoms with van der Waals surface area (Å²) in [5, 5.41) is 12.1. The largest absolute Gasteiger partial charge is 0.471 e. The van der Waals surface area contributed by atoms with E-state index in [1.807, 2.05) is 0 Å². The minimum absolute atomic E-state index is 0.0228. The highest BCUT2D eigenvalue weighted by atomic mass is 31.2. The Kier molecular flexibility index (Phi) is 10.8. The first-order valence-electron chi connectivity index (χ1n) is 15.7. The fourth-order valence-electron chi connectivity index (χ4n) is 7.47. The summed E-state index contributed by atoms with van der Waals surface area (Å²) in [6, 6.07) is 8.28.